The van der Waals surface area contributed by atoms with Gasteiger partial charge in [-0.1, -0.05) is 18.2 Å². The molecule has 1 aliphatic rings. The van der Waals surface area contributed by atoms with Crippen LogP contribution in [-0.2, 0) is 6.42 Å². The molecule has 1 N–H and O–H groups in total. The number of rotatable bonds is 4. The molecule has 2 aromatic rings. The fraction of sp³-hybridized carbons (Fsp3) is 0.294. The number of nitro groups is 1. The Kier molecular flexibility index (Phi) is 4.06. The molecular formula is C17H18N2O3. The van der Waals surface area contributed by atoms with Gasteiger partial charge < -0.3 is 10.1 Å². The average Bonchev–Trinajstić information content (AvgIpc) is 2.54. The second-order valence-electron chi connectivity index (χ2n) is 5.28. The van der Waals surface area contributed by atoms with Gasteiger partial charge in [-0.05, 0) is 42.2 Å². The largest absolute Gasteiger partial charge is 0.494 e. The monoisotopic (exact) mass is 298 g/mol. The van der Waals surface area contributed by atoms with Gasteiger partial charge in [0.05, 0.1) is 17.6 Å². The Morgan fingerprint density at radius 1 is 1.32 bits per heavy atom. The van der Waals surface area contributed by atoms with E-state index in [4.69, 9.17) is 4.74 Å². The molecule has 3 rings (SSSR count). The number of nitrogens with zero attached hydrogens (tertiary/aromatic N) is 1. The summed E-state index contributed by atoms with van der Waals surface area (Å²) in [5, 5.41) is 14.4. The van der Waals surface area contributed by atoms with E-state index in [1.807, 2.05) is 19.1 Å². The van der Waals surface area contributed by atoms with E-state index in [0.29, 0.717) is 6.61 Å². The minimum Gasteiger partial charge on any atom is -0.494 e. The quantitative estimate of drug-likeness (QED) is 0.695. The molecule has 1 atom stereocenters. The van der Waals surface area contributed by atoms with Crippen LogP contribution in [0.25, 0.3) is 0 Å². The Bertz CT molecular complexity index is 700. The third-order valence-electron chi connectivity index (χ3n) is 3.89. The molecule has 0 saturated carbocycles. The van der Waals surface area contributed by atoms with Crippen LogP contribution in [0.2, 0.25) is 0 Å². The number of nitro benzene ring substituents is 1. The van der Waals surface area contributed by atoms with Gasteiger partial charge in [0.15, 0.2) is 0 Å². The van der Waals surface area contributed by atoms with Gasteiger partial charge in [-0.15, -0.1) is 0 Å². The van der Waals surface area contributed by atoms with Crippen LogP contribution >= 0.6 is 0 Å². The lowest BCUT2D eigenvalue weighted by Crippen LogP contribution is -2.30. The first-order valence-electron chi connectivity index (χ1n) is 7.42. The summed E-state index contributed by atoms with van der Waals surface area (Å²) in [5.74, 6) is 0.876. The predicted octanol–water partition coefficient (Wildman–Crippen LogP) is 3.23. The molecule has 114 valence electrons. The second-order valence-corrected chi connectivity index (χ2v) is 5.28. The van der Waals surface area contributed by atoms with Gasteiger partial charge in [0.25, 0.3) is 5.69 Å². The van der Waals surface area contributed by atoms with Crippen molar-refractivity contribution < 1.29 is 9.66 Å². The van der Waals surface area contributed by atoms with E-state index in [2.05, 4.69) is 17.4 Å². The van der Waals surface area contributed by atoms with Crippen LogP contribution in [0, 0.1) is 10.1 Å². The first-order valence-corrected chi connectivity index (χ1v) is 7.42. The van der Waals surface area contributed by atoms with E-state index in [9.17, 15) is 10.1 Å². The molecule has 0 spiro atoms. The van der Waals surface area contributed by atoms with E-state index in [1.54, 1.807) is 12.1 Å². The first kappa shape index (κ1) is 14.5. The highest BCUT2D eigenvalue weighted by molar-refractivity contribution is 5.46. The molecule has 1 heterocycles. The van der Waals surface area contributed by atoms with E-state index in [0.717, 1.165) is 29.8 Å². The summed E-state index contributed by atoms with van der Waals surface area (Å²) < 4.78 is 5.55. The maximum atomic E-state index is 11.0. The molecule has 0 amide bonds. The number of hydrogen-bond donors (Lipinski definition) is 1. The molecule has 0 radical (unpaired) electrons. The van der Waals surface area contributed by atoms with Crippen molar-refractivity contribution in [1.29, 1.82) is 0 Å². The third kappa shape index (κ3) is 2.80. The third-order valence-corrected chi connectivity index (χ3v) is 3.89. The first-order chi connectivity index (χ1) is 10.7. The van der Waals surface area contributed by atoms with Crippen LogP contribution in [-0.4, -0.2) is 18.1 Å². The Labute approximate surface area is 129 Å². The highest BCUT2D eigenvalue weighted by Crippen LogP contribution is 2.32. The standard InChI is InChI=1S/C17H18N2O3/c1-2-22-15-6-7-16-12(11-15)8-9-18-17(16)13-4-3-5-14(10-13)19(20)21/h3-7,10-11,17-18H,2,8-9H2,1H3. The Balaban J connectivity index is 1.97. The lowest BCUT2D eigenvalue weighted by molar-refractivity contribution is -0.384. The molecule has 5 heteroatoms. The molecule has 0 aromatic heterocycles. The maximum Gasteiger partial charge on any atom is 0.269 e. The maximum absolute atomic E-state index is 11.0. The van der Waals surface area contributed by atoms with Gasteiger partial charge in [-0.2, -0.15) is 0 Å². The molecular weight excluding hydrogens is 280 g/mol. The number of non-ortho nitro benzene ring substituents is 1. The zero-order valence-electron chi connectivity index (χ0n) is 12.4. The van der Waals surface area contributed by atoms with Gasteiger partial charge in [-0.3, -0.25) is 10.1 Å². The predicted molar refractivity (Wildman–Crippen MR) is 84.3 cm³/mol. The number of fused-ring (bicyclic) bond motifs is 1. The summed E-state index contributed by atoms with van der Waals surface area (Å²) in [6.45, 7) is 3.45. The summed E-state index contributed by atoms with van der Waals surface area (Å²) in [7, 11) is 0. The van der Waals surface area contributed by atoms with Crippen molar-refractivity contribution in [2.45, 2.75) is 19.4 Å². The van der Waals surface area contributed by atoms with Gasteiger partial charge in [0.2, 0.25) is 0 Å². The SMILES string of the molecule is CCOc1ccc2c(c1)CCNC2c1cccc([N+](=O)[O-])c1. The van der Waals surface area contributed by atoms with E-state index < -0.39 is 0 Å². The van der Waals surface area contributed by atoms with Gasteiger partial charge >= 0.3 is 0 Å². The molecule has 1 unspecified atom stereocenters. The normalized spacial score (nSPS) is 16.9. The summed E-state index contributed by atoms with van der Waals surface area (Å²) in [4.78, 5) is 10.6. The molecule has 0 bridgehead atoms. The number of nitrogens with one attached hydrogen (secondary N) is 1. The lowest BCUT2D eigenvalue weighted by Gasteiger charge is -2.27. The van der Waals surface area contributed by atoms with Gasteiger partial charge in [0, 0.05) is 18.7 Å². The van der Waals surface area contributed by atoms with Crippen LogP contribution in [0.4, 0.5) is 5.69 Å². The van der Waals surface area contributed by atoms with Crippen molar-refractivity contribution in [3.8, 4) is 5.75 Å². The Morgan fingerprint density at radius 3 is 2.95 bits per heavy atom. The summed E-state index contributed by atoms with van der Waals surface area (Å²) in [5.41, 5.74) is 3.44. The van der Waals surface area contributed by atoms with Crippen LogP contribution in [0.15, 0.2) is 42.5 Å². The second kappa shape index (κ2) is 6.15. The lowest BCUT2D eigenvalue weighted by atomic mass is 9.89. The Hall–Kier alpha value is -2.40. The summed E-state index contributed by atoms with van der Waals surface area (Å²) in [6, 6.07) is 12.9. The summed E-state index contributed by atoms with van der Waals surface area (Å²) in [6.07, 6.45) is 0.932. The van der Waals surface area contributed by atoms with Crippen molar-refractivity contribution in [3.05, 3.63) is 69.3 Å². The number of ether oxygens (including phenoxy) is 1. The molecule has 0 saturated heterocycles. The minimum absolute atomic E-state index is 0.0145. The molecule has 0 aliphatic carbocycles. The van der Waals surface area contributed by atoms with Crippen LogP contribution in [0.3, 0.4) is 0 Å². The highest BCUT2D eigenvalue weighted by Gasteiger charge is 2.23. The smallest absolute Gasteiger partial charge is 0.269 e. The molecule has 1 aliphatic heterocycles. The highest BCUT2D eigenvalue weighted by atomic mass is 16.6. The van der Waals surface area contributed by atoms with Gasteiger partial charge in [0.1, 0.15) is 5.75 Å². The molecule has 5 nitrogen and oxygen atoms in total. The van der Waals surface area contributed by atoms with Crippen LogP contribution in [0.1, 0.15) is 29.7 Å². The zero-order chi connectivity index (χ0) is 15.5. The average molecular weight is 298 g/mol. The minimum atomic E-state index is -0.356. The molecule has 0 fully saturated rings. The van der Waals surface area contributed by atoms with E-state index in [1.165, 1.54) is 11.6 Å². The van der Waals surface area contributed by atoms with Crippen molar-refractivity contribution in [1.82, 2.24) is 5.32 Å². The number of hydrogen-bond acceptors (Lipinski definition) is 4. The fourth-order valence-corrected chi connectivity index (χ4v) is 2.91. The fourth-order valence-electron chi connectivity index (χ4n) is 2.91. The zero-order valence-corrected chi connectivity index (χ0v) is 12.4. The Morgan fingerprint density at radius 2 is 2.18 bits per heavy atom. The van der Waals surface area contributed by atoms with Crippen molar-refractivity contribution in [2.75, 3.05) is 13.2 Å². The van der Waals surface area contributed by atoms with Crippen LogP contribution < -0.4 is 10.1 Å². The molecule has 22 heavy (non-hydrogen) atoms. The molecule has 2 aromatic carbocycles. The van der Waals surface area contributed by atoms with E-state index in [-0.39, 0.29) is 16.7 Å². The van der Waals surface area contributed by atoms with Crippen molar-refractivity contribution >= 4 is 5.69 Å². The van der Waals surface area contributed by atoms with Crippen LogP contribution in [0.5, 0.6) is 5.75 Å². The van der Waals surface area contributed by atoms with Crippen molar-refractivity contribution in [3.63, 3.8) is 0 Å². The number of benzene rings is 2. The summed E-state index contributed by atoms with van der Waals surface area (Å²) >= 11 is 0. The van der Waals surface area contributed by atoms with E-state index >= 15 is 0 Å². The topological polar surface area (TPSA) is 64.4 Å². The van der Waals surface area contributed by atoms with Crippen molar-refractivity contribution in [2.24, 2.45) is 0 Å². The van der Waals surface area contributed by atoms with Gasteiger partial charge in [-0.25, -0.2) is 0 Å².